The maximum atomic E-state index is 12.6. The van der Waals surface area contributed by atoms with Gasteiger partial charge in [-0.15, -0.1) is 0 Å². The third-order valence-electron chi connectivity index (χ3n) is 5.67. The molecule has 3 aliphatic rings. The molecule has 1 saturated heterocycles. The van der Waals surface area contributed by atoms with Crippen molar-refractivity contribution in [3.63, 3.8) is 0 Å². The van der Waals surface area contributed by atoms with E-state index in [1.165, 1.54) is 0 Å². The van der Waals surface area contributed by atoms with Crippen LogP contribution < -0.4 is 0 Å². The fourth-order valence-corrected chi connectivity index (χ4v) is 4.35. The van der Waals surface area contributed by atoms with E-state index in [1.807, 2.05) is 0 Å². The number of esters is 1. The van der Waals surface area contributed by atoms with Crippen molar-refractivity contribution in [1.29, 1.82) is 0 Å². The van der Waals surface area contributed by atoms with Gasteiger partial charge in [-0.1, -0.05) is 20.8 Å². The van der Waals surface area contributed by atoms with E-state index in [0.29, 0.717) is 12.8 Å². The van der Waals surface area contributed by atoms with Crippen molar-refractivity contribution in [3.05, 3.63) is 0 Å². The van der Waals surface area contributed by atoms with Gasteiger partial charge in [0.25, 0.3) is 0 Å². The van der Waals surface area contributed by atoms with Crippen LogP contribution in [0.1, 0.15) is 46.5 Å². The van der Waals surface area contributed by atoms with Gasteiger partial charge in [0.1, 0.15) is 0 Å². The van der Waals surface area contributed by atoms with E-state index in [0.717, 1.165) is 12.8 Å². The van der Waals surface area contributed by atoms with Crippen molar-refractivity contribution < 1.29 is 14.3 Å². The lowest BCUT2D eigenvalue weighted by molar-refractivity contribution is -0.163. The lowest BCUT2D eigenvalue weighted by atomic mass is 9.70. The predicted molar refractivity (Wildman–Crippen MR) is 57.7 cm³/mol. The number of Topliss-reactive ketones (excluding diaryl/α,β-unsaturated/α-hetero) is 1. The van der Waals surface area contributed by atoms with E-state index >= 15 is 0 Å². The van der Waals surface area contributed by atoms with E-state index in [1.54, 1.807) is 0 Å². The van der Waals surface area contributed by atoms with Crippen molar-refractivity contribution in [2.45, 2.75) is 52.1 Å². The molecule has 0 N–H and O–H groups in total. The smallest absolute Gasteiger partial charge is 0.306 e. The first-order valence-corrected chi connectivity index (χ1v) is 6.11. The van der Waals surface area contributed by atoms with E-state index in [-0.39, 0.29) is 28.5 Å². The highest BCUT2D eigenvalue weighted by molar-refractivity contribution is 6.00. The molecule has 2 aliphatic carbocycles. The summed E-state index contributed by atoms with van der Waals surface area (Å²) in [6.07, 6.45) is 2.98. The Bertz CT molecular complexity index is 398. The molecule has 2 bridgehead atoms. The second-order valence-electron chi connectivity index (χ2n) is 6.34. The Morgan fingerprint density at radius 1 is 1.19 bits per heavy atom. The number of carbonyl (C=O) groups excluding carboxylic acids is 2. The van der Waals surface area contributed by atoms with Gasteiger partial charge < -0.3 is 4.74 Å². The summed E-state index contributed by atoms with van der Waals surface area (Å²) in [5.74, 6) is 0.219. The molecule has 3 rings (SSSR count). The molecule has 3 heteroatoms. The first-order chi connectivity index (χ1) is 7.34. The normalized spacial score (nSPS) is 49.1. The molecule has 1 aliphatic heterocycles. The standard InChI is InChI=1S/C13H18O3/c1-11(2)8-4-6-12(11,3)10(15)13(8)7-5-9(14)16-13/h8H,4-7H2,1-3H3/t8-,12+,13-/m1/s1. The number of rotatable bonds is 0. The zero-order valence-electron chi connectivity index (χ0n) is 10.1. The van der Waals surface area contributed by atoms with Crippen LogP contribution in [0.25, 0.3) is 0 Å². The predicted octanol–water partition coefficient (Wildman–Crippen LogP) is 2.09. The summed E-state index contributed by atoms with van der Waals surface area (Å²) in [7, 11) is 0. The Hall–Kier alpha value is -0.860. The number of fused-ring (bicyclic) bond motifs is 3. The van der Waals surface area contributed by atoms with Gasteiger partial charge in [-0.05, 0) is 18.3 Å². The highest BCUT2D eigenvalue weighted by Crippen LogP contribution is 2.69. The Kier molecular flexibility index (Phi) is 1.62. The van der Waals surface area contributed by atoms with Gasteiger partial charge in [0.05, 0.1) is 0 Å². The molecule has 16 heavy (non-hydrogen) atoms. The summed E-state index contributed by atoms with van der Waals surface area (Å²) in [6, 6.07) is 0. The largest absolute Gasteiger partial charge is 0.451 e. The first-order valence-electron chi connectivity index (χ1n) is 6.11. The van der Waals surface area contributed by atoms with Crippen LogP contribution >= 0.6 is 0 Å². The molecule has 1 heterocycles. The van der Waals surface area contributed by atoms with Gasteiger partial charge in [-0.2, -0.15) is 0 Å². The van der Waals surface area contributed by atoms with Gasteiger partial charge in [0.2, 0.25) is 0 Å². The maximum absolute atomic E-state index is 12.6. The summed E-state index contributed by atoms with van der Waals surface area (Å²) < 4.78 is 5.47. The molecule has 3 fully saturated rings. The first kappa shape index (κ1) is 10.3. The Balaban J connectivity index is 2.13. The number of carbonyl (C=O) groups is 2. The van der Waals surface area contributed by atoms with Crippen LogP contribution in [0.4, 0.5) is 0 Å². The van der Waals surface area contributed by atoms with Crippen LogP contribution in [-0.4, -0.2) is 17.4 Å². The second kappa shape index (κ2) is 2.52. The molecule has 0 radical (unpaired) electrons. The molecule has 0 aromatic rings. The minimum atomic E-state index is -0.756. The molecule has 3 atom stereocenters. The van der Waals surface area contributed by atoms with Gasteiger partial charge in [0.15, 0.2) is 11.4 Å². The van der Waals surface area contributed by atoms with Crippen LogP contribution in [0, 0.1) is 16.7 Å². The molecular weight excluding hydrogens is 204 g/mol. The molecule has 3 nitrogen and oxygen atoms in total. The molecule has 0 unspecified atom stereocenters. The minimum Gasteiger partial charge on any atom is -0.451 e. The molecule has 2 saturated carbocycles. The molecule has 0 aromatic carbocycles. The van der Waals surface area contributed by atoms with Crippen LogP contribution in [0.15, 0.2) is 0 Å². The minimum absolute atomic E-state index is 0.0330. The number of ether oxygens (including phenoxy) is 1. The van der Waals surface area contributed by atoms with Crippen molar-refractivity contribution in [3.8, 4) is 0 Å². The van der Waals surface area contributed by atoms with Crippen molar-refractivity contribution in [2.24, 2.45) is 16.7 Å². The average molecular weight is 222 g/mol. The van der Waals surface area contributed by atoms with Crippen molar-refractivity contribution >= 4 is 11.8 Å². The fourth-order valence-electron chi connectivity index (χ4n) is 4.35. The molecule has 0 aromatic heterocycles. The Morgan fingerprint density at radius 3 is 2.31 bits per heavy atom. The quantitative estimate of drug-likeness (QED) is 0.589. The summed E-state index contributed by atoms with van der Waals surface area (Å²) >= 11 is 0. The second-order valence-corrected chi connectivity index (χ2v) is 6.34. The molecule has 88 valence electrons. The molecular formula is C13H18O3. The van der Waals surface area contributed by atoms with Crippen LogP contribution in [0.2, 0.25) is 0 Å². The number of ketones is 1. The number of hydrogen-bond acceptors (Lipinski definition) is 3. The zero-order chi connectivity index (χ0) is 11.8. The van der Waals surface area contributed by atoms with Crippen molar-refractivity contribution in [2.75, 3.05) is 0 Å². The lowest BCUT2D eigenvalue weighted by Crippen LogP contribution is -2.46. The maximum Gasteiger partial charge on any atom is 0.306 e. The highest BCUT2D eigenvalue weighted by Gasteiger charge is 2.75. The van der Waals surface area contributed by atoms with E-state index in [4.69, 9.17) is 4.74 Å². The molecule has 1 spiro atoms. The van der Waals surface area contributed by atoms with Gasteiger partial charge in [-0.25, -0.2) is 0 Å². The summed E-state index contributed by atoms with van der Waals surface area (Å²) in [6.45, 7) is 6.36. The van der Waals surface area contributed by atoms with E-state index in [9.17, 15) is 9.59 Å². The van der Waals surface area contributed by atoms with Gasteiger partial charge >= 0.3 is 5.97 Å². The lowest BCUT2D eigenvalue weighted by Gasteiger charge is -2.32. The average Bonchev–Trinajstić information content (AvgIpc) is 2.70. The fraction of sp³-hybridized carbons (Fsp3) is 0.846. The SMILES string of the molecule is CC1(C)[C@H]2CC[C@@]1(C)C(=O)[C@@]21CCC(=O)O1. The van der Waals surface area contributed by atoms with Crippen molar-refractivity contribution in [1.82, 2.24) is 0 Å². The van der Waals surface area contributed by atoms with Gasteiger partial charge in [-0.3, -0.25) is 9.59 Å². The monoisotopic (exact) mass is 222 g/mol. The zero-order valence-corrected chi connectivity index (χ0v) is 10.1. The van der Waals surface area contributed by atoms with Gasteiger partial charge in [0, 0.05) is 24.2 Å². The van der Waals surface area contributed by atoms with E-state index in [2.05, 4.69) is 20.8 Å². The van der Waals surface area contributed by atoms with Crippen LogP contribution in [0.3, 0.4) is 0 Å². The third kappa shape index (κ3) is 0.802. The van der Waals surface area contributed by atoms with Crippen LogP contribution in [-0.2, 0) is 14.3 Å². The number of hydrogen-bond donors (Lipinski definition) is 0. The summed E-state index contributed by atoms with van der Waals surface area (Å²) in [5.41, 5.74) is -1.08. The Labute approximate surface area is 95.5 Å². The third-order valence-corrected chi connectivity index (χ3v) is 5.67. The summed E-state index contributed by atoms with van der Waals surface area (Å²) in [4.78, 5) is 24.0. The van der Waals surface area contributed by atoms with Crippen LogP contribution in [0.5, 0.6) is 0 Å². The topological polar surface area (TPSA) is 43.4 Å². The Morgan fingerprint density at radius 2 is 1.88 bits per heavy atom. The van der Waals surface area contributed by atoms with E-state index < -0.39 is 5.60 Å². The highest BCUT2D eigenvalue weighted by atomic mass is 16.6. The molecule has 0 amide bonds. The summed E-state index contributed by atoms with van der Waals surface area (Å²) in [5, 5.41) is 0.